The van der Waals surface area contributed by atoms with Crippen LogP contribution in [0.2, 0.25) is 5.15 Å². The van der Waals surface area contributed by atoms with Crippen LogP contribution in [0.1, 0.15) is 13.3 Å². The van der Waals surface area contributed by atoms with E-state index in [-0.39, 0.29) is 0 Å². The SMILES string of the molecule is CC1CN(c2ccc(Cl)nn2)CCC1N. The number of halogens is 1. The summed E-state index contributed by atoms with van der Waals surface area (Å²) < 4.78 is 0. The van der Waals surface area contributed by atoms with Crippen molar-refractivity contribution in [3.63, 3.8) is 0 Å². The molecule has 1 saturated heterocycles. The molecule has 0 radical (unpaired) electrons. The van der Waals surface area contributed by atoms with E-state index in [1.54, 1.807) is 6.07 Å². The molecule has 15 heavy (non-hydrogen) atoms. The minimum Gasteiger partial charge on any atom is -0.355 e. The lowest BCUT2D eigenvalue weighted by Gasteiger charge is -2.35. The molecule has 1 aliphatic rings. The second-order valence-electron chi connectivity index (χ2n) is 4.09. The van der Waals surface area contributed by atoms with Gasteiger partial charge < -0.3 is 10.6 Å². The fourth-order valence-corrected chi connectivity index (χ4v) is 1.95. The lowest BCUT2D eigenvalue weighted by Crippen LogP contribution is -2.46. The van der Waals surface area contributed by atoms with Gasteiger partial charge in [-0.15, -0.1) is 10.2 Å². The van der Waals surface area contributed by atoms with Crippen LogP contribution in [0.3, 0.4) is 0 Å². The first-order valence-corrected chi connectivity index (χ1v) is 5.54. The van der Waals surface area contributed by atoms with Crippen LogP contribution in [0, 0.1) is 5.92 Å². The molecule has 2 atom stereocenters. The van der Waals surface area contributed by atoms with Crippen molar-refractivity contribution in [2.75, 3.05) is 18.0 Å². The highest BCUT2D eigenvalue weighted by atomic mass is 35.5. The Morgan fingerprint density at radius 2 is 2.27 bits per heavy atom. The van der Waals surface area contributed by atoms with E-state index in [2.05, 4.69) is 22.0 Å². The first-order valence-electron chi connectivity index (χ1n) is 5.16. The summed E-state index contributed by atoms with van der Waals surface area (Å²) >= 11 is 5.69. The molecule has 0 bridgehead atoms. The first-order chi connectivity index (χ1) is 7.16. The first kappa shape index (κ1) is 10.6. The lowest BCUT2D eigenvalue weighted by molar-refractivity contribution is 0.381. The van der Waals surface area contributed by atoms with E-state index >= 15 is 0 Å². The van der Waals surface area contributed by atoms with E-state index in [9.17, 15) is 0 Å². The number of rotatable bonds is 1. The fraction of sp³-hybridized carbons (Fsp3) is 0.600. The van der Waals surface area contributed by atoms with E-state index < -0.39 is 0 Å². The summed E-state index contributed by atoms with van der Waals surface area (Å²) in [6.07, 6.45) is 1.01. The molecular formula is C10H15ClN4. The van der Waals surface area contributed by atoms with Gasteiger partial charge in [-0.3, -0.25) is 0 Å². The topological polar surface area (TPSA) is 55.0 Å². The molecule has 0 aromatic carbocycles. The standard InChI is InChI=1S/C10H15ClN4/c1-7-6-15(5-4-8(7)12)10-3-2-9(11)13-14-10/h2-3,7-8H,4-6,12H2,1H3. The third kappa shape index (κ3) is 2.38. The number of nitrogens with zero attached hydrogens (tertiary/aromatic N) is 3. The van der Waals surface area contributed by atoms with Crippen LogP contribution < -0.4 is 10.6 Å². The molecule has 2 N–H and O–H groups in total. The Balaban J connectivity index is 2.08. The predicted molar refractivity (Wildman–Crippen MR) is 61.0 cm³/mol. The molecular weight excluding hydrogens is 212 g/mol. The maximum absolute atomic E-state index is 5.96. The highest BCUT2D eigenvalue weighted by molar-refractivity contribution is 6.29. The van der Waals surface area contributed by atoms with Crippen molar-refractivity contribution >= 4 is 17.4 Å². The van der Waals surface area contributed by atoms with Crippen molar-refractivity contribution in [1.82, 2.24) is 10.2 Å². The molecule has 1 aromatic rings. The van der Waals surface area contributed by atoms with Gasteiger partial charge in [0.25, 0.3) is 0 Å². The van der Waals surface area contributed by atoms with Gasteiger partial charge in [0, 0.05) is 19.1 Å². The zero-order chi connectivity index (χ0) is 10.8. The van der Waals surface area contributed by atoms with Crippen molar-refractivity contribution < 1.29 is 0 Å². The molecule has 0 aliphatic carbocycles. The summed E-state index contributed by atoms with van der Waals surface area (Å²) in [6.45, 7) is 4.06. The van der Waals surface area contributed by atoms with Gasteiger partial charge in [-0.2, -0.15) is 0 Å². The van der Waals surface area contributed by atoms with Crippen molar-refractivity contribution in [2.45, 2.75) is 19.4 Å². The average molecular weight is 227 g/mol. The molecule has 1 aliphatic heterocycles. The van der Waals surface area contributed by atoms with Gasteiger partial charge >= 0.3 is 0 Å². The Hall–Kier alpha value is -0.870. The third-order valence-electron chi connectivity index (χ3n) is 2.91. The van der Waals surface area contributed by atoms with E-state index in [0.717, 1.165) is 25.3 Å². The third-order valence-corrected chi connectivity index (χ3v) is 3.12. The smallest absolute Gasteiger partial charge is 0.151 e. The molecule has 5 heteroatoms. The molecule has 82 valence electrons. The minimum absolute atomic E-state index is 0.307. The number of hydrogen-bond donors (Lipinski definition) is 1. The quantitative estimate of drug-likeness (QED) is 0.785. The molecule has 1 fully saturated rings. The maximum atomic E-state index is 5.96. The maximum Gasteiger partial charge on any atom is 0.151 e. The number of hydrogen-bond acceptors (Lipinski definition) is 4. The van der Waals surface area contributed by atoms with Gasteiger partial charge in [-0.05, 0) is 24.5 Å². The van der Waals surface area contributed by atoms with Gasteiger partial charge in [0.1, 0.15) is 0 Å². The lowest BCUT2D eigenvalue weighted by atomic mass is 9.95. The van der Waals surface area contributed by atoms with Crippen LogP contribution in [-0.4, -0.2) is 29.3 Å². The number of aromatic nitrogens is 2. The highest BCUT2D eigenvalue weighted by Crippen LogP contribution is 2.20. The van der Waals surface area contributed by atoms with Gasteiger partial charge in [0.15, 0.2) is 11.0 Å². The van der Waals surface area contributed by atoms with Crippen LogP contribution in [0.15, 0.2) is 12.1 Å². The Labute approximate surface area is 94.4 Å². The number of piperidine rings is 1. The summed E-state index contributed by atoms with van der Waals surface area (Å²) in [4.78, 5) is 2.21. The second-order valence-corrected chi connectivity index (χ2v) is 4.48. The van der Waals surface area contributed by atoms with Crippen molar-refractivity contribution in [2.24, 2.45) is 11.7 Å². The van der Waals surface area contributed by atoms with Crippen LogP contribution in [0.5, 0.6) is 0 Å². The molecule has 0 saturated carbocycles. The van der Waals surface area contributed by atoms with Crippen LogP contribution in [-0.2, 0) is 0 Å². The molecule has 1 aromatic heterocycles. The Bertz CT molecular complexity index is 327. The summed E-state index contributed by atoms with van der Waals surface area (Å²) in [5, 5.41) is 8.34. The van der Waals surface area contributed by atoms with Crippen molar-refractivity contribution in [3.8, 4) is 0 Å². The van der Waals surface area contributed by atoms with Gasteiger partial charge in [0.05, 0.1) is 0 Å². The summed E-state index contributed by atoms with van der Waals surface area (Å²) in [5.74, 6) is 1.38. The van der Waals surface area contributed by atoms with Crippen LogP contribution >= 0.6 is 11.6 Å². The highest BCUT2D eigenvalue weighted by Gasteiger charge is 2.23. The van der Waals surface area contributed by atoms with Gasteiger partial charge in [-0.25, -0.2) is 0 Å². The second kappa shape index (κ2) is 4.33. The van der Waals surface area contributed by atoms with E-state index in [1.165, 1.54) is 0 Å². The fourth-order valence-electron chi connectivity index (χ4n) is 1.85. The van der Waals surface area contributed by atoms with Crippen molar-refractivity contribution in [1.29, 1.82) is 0 Å². The monoisotopic (exact) mass is 226 g/mol. The van der Waals surface area contributed by atoms with E-state index in [1.807, 2.05) is 6.07 Å². The Morgan fingerprint density at radius 1 is 1.47 bits per heavy atom. The van der Waals surface area contributed by atoms with Crippen molar-refractivity contribution in [3.05, 3.63) is 17.3 Å². The molecule has 4 nitrogen and oxygen atoms in total. The van der Waals surface area contributed by atoms with E-state index in [4.69, 9.17) is 17.3 Å². The van der Waals surface area contributed by atoms with Crippen LogP contribution in [0.4, 0.5) is 5.82 Å². The average Bonchev–Trinajstić information content (AvgIpc) is 2.23. The predicted octanol–water partition coefficient (Wildman–Crippen LogP) is 1.30. The van der Waals surface area contributed by atoms with Gasteiger partial charge in [-0.1, -0.05) is 18.5 Å². The summed E-state index contributed by atoms with van der Waals surface area (Å²) in [5.41, 5.74) is 5.96. The normalized spacial score (nSPS) is 26.7. The zero-order valence-electron chi connectivity index (χ0n) is 8.73. The Kier molecular flexibility index (Phi) is 3.07. The molecule has 0 amide bonds. The molecule has 2 unspecified atom stereocenters. The largest absolute Gasteiger partial charge is 0.355 e. The zero-order valence-corrected chi connectivity index (χ0v) is 9.48. The number of anilines is 1. The van der Waals surface area contributed by atoms with Crippen LogP contribution in [0.25, 0.3) is 0 Å². The summed E-state index contributed by atoms with van der Waals surface area (Å²) in [7, 11) is 0. The minimum atomic E-state index is 0.307. The van der Waals surface area contributed by atoms with E-state index in [0.29, 0.717) is 17.1 Å². The molecule has 2 rings (SSSR count). The molecule has 2 heterocycles. The van der Waals surface area contributed by atoms with Gasteiger partial charge in [0.2, 0.25) is 0 Å². The Morgan fingerprint density at radius 3 is 2.87 bits per heavy atom. The molecule has 0 spiro atoms. The summed E-state index contributed by atoms with van der Waals surface area (Å²) in [6, 6.07) is 3.98. The number of nitrogens with two attached hydrogens (primary N) is 1.